The van der Waals surface area contributed by atoms with Crippen molar-refractivity contribution < 1.29 is 5.11 Å². The van der Waals surface area contributed by atoms with E-state index in [1.165, 1.54) is 32.1 Å². The van der Waals surface area contributed by atoms with Gasteiger partial charge in [0.1, 0.15) is 0 Å². The molecule has 0 heterocycles. The molecule has 0 amide bonds. The van der Waals surface area contributed by atoms with Crippen molar-refractivity contribution >= 4 is 0 Å². The Hall–Kier alpha value is -0.0800. The summed E-state index contributed by atoms with van der Waals surface area (Å²) in [5.74, 6) is 1.77. The fourth-order valence-corrected chi connectivity index (χ4v) is 3.06. The largest absolute Gasteiger partial charge is 0.396 e. The third-order valence-corrected chi connectivity index (χ3v) is 4.40. The topological polar surface area (TPSA) is 32.3 Å². The Kier molecular flexibility index (Phi) is 7.14. The van der Waals surface area contributed by atoms with E-state index in [-0.39, 0.29) is 0 Å². The van der Waals surface area contributed by atoms with E-state index >= 15 is 0 Å². The molecule has 0 aromatic carbocycles. The molecule has 1 rings (SSSR count). The molecule has 1 saturated carbocycles. The van der Waals surface area contributed by atoms with E-state index in [1.807, 2.05) is 0 Å². The average molecular weight is 241 g/mol. The van der Waals surface area contributed by atoms with Crippen LogP contribution in [-0.2, 0) is 0 Å². The fraction of sp³-hybridized carbons (Fsp3) is 1.00. The highest BCUT2D eigenvalue weighted by atomic mass is 16.3. The highest BCUT2D eigenvalue weighted by Gasteiger charge is 2.22. The maximum Gasteiger partial charge on any atom is 0.0445 e. The predicted molar refractivity (Wildman–Crippen MR) is 74.1 cm³/mol. The van der Waals surface area contributed by atoms with Gasteiger partial charge in [-0.15, -0.1) is 0 Å². The van der Waals surface area contributed by atoms with Crippen molar-refractivity contribution in [3.8, 4) is 0 Å². The molecule has 0 aliphatic heterocycles. The maximum absolute atomic E-state index is 9.03. The molecule has 0 aromatic heterocycles. The third-order valence-electron chi connectivity index (χ3n) is 4.40. The summed E-state index contributed by atoms with van der Waals surface area (Å²) >= 11 is 0. The average Bonchev–Trinajstić information content (AvgIpc) is 2.54. The van der Waals surface area contributed by atoms with E-state index in [0.717, 1.165) is 24.7 Å². The van der Waals surface area contributed by atoms with E-state index in [9.17, 15) is 0 Å². The zero-order chi connectivity index (χ0) is 12.7. The van der Waals surface area contributed by atoms with Crippen molar-refractivity contribution in [1.82, 2.24) is 5.32 Å². The maximum atomic E-state index is 9.03. The Morgan fingerprint density at radius 1 is 1.18 bits per heavy atom. The molecule has 0 aromatic rings. The van der Waals surface area contributed by atoms with Crippen LogP contribution in [0.5, 0.6) is 0 Å². The van der Waals surface area contributed by atoms with Gasteiger partial charge in [0.25, 0.3) is 0 Å². The molecule has 0 spiro atoms. The minimum absolute atomic E-state index is 0.312. The predicted octanol–water partition coefficient (Wildman–Crippen LogP) is 3.34. The number of aliphatic hydroxyl groups excluding tert-OH is 1. The molecule has 2 N–H and O–H groups in total. The second-order valence-electron chi connectivity index (χ2n) is 5.99. The van der Waals surface area contributed by atoms with Gasteiger partial charge < -0.3 is 10.4 Å². The summed E-state index contributed by atoms with van der Waals surface area (Å²) < 4.78 is 0. The molecule has 102 valence electrons. The molecular weight excluding hydrogens is 210 g/mol. The van der Waals surface area contributed by atoms with E-state index in [4.69, 9.17) is 5.11 Å². The van der Waals surface area contributed by atoms with Crippen LogP contribution < -0.4 is 5.32 Å². The SMILES string of the molecule is CCC(CCO)NC1CCCC(C(C)C)CC1. The number of hydrogen-bond donors (Lipinski definition) is 2. The van der Waals surface area contributed by atoms with Gasteiger partial charge >= 0.3 is 0 Å². The monoisotopic (exact) mass is 241 g/mol. The summed E-state index contributed by atoms with van der Waals surface area (Å²) in [6.45, 7) is 7.24. The van der Waals surface area contributed by atoms with Crippen LogP contribution in [0.15, 0.2) is 0 Å². The summed E-state index contributed by atoms with van der Waals surface area (Å²) in [7, 11) is 0. The van der Waals surface area contributed by atoms with E-state index in [2.05, 4.69) is 26.1 Å². The number of rotatable bonds is 6. The van der Waals surface area contributed by atoms with Crippen LogP contribution in [0.1, 0.15) is 65.7 Å². The third kappa shape index (κ3) is 5.39. The number of aliphatic hydroxyl groups is 1. The second-order valence-corrected chi connectivity index (χ2v) is 5.99. The number of hydrogen-bond acceptors (Lipinski definition) is 2. The first-order valence-corrected chi connectivity index (χ1v) is 7.54. The van der Waals surface area contributed by atoms with Crippen LogP contribution in [0.2, 0.25) is 0 Å². The van der Waals surface area contributed by atoms with Crippen LogP contribution in [0, 0.1) is 11.8 Å². The summed E-state index contributed by atoms with van der Waals surface area (Å²) in [5.41, 5.74) is 0. The summed E-state index contributed by atoms with van der Waals surface area (Å²) in [6.07, 6.45) is 8.84. The van der Waals surface area contributed by atoms with Crippen LogP contribution in [0.3, 0.4) is 0 Å². The fourth-order valence-electron chi connectivity index (χ4n) is 3.06. The van der Waals surface area contributed by atoms with Gasteiger partial charge in [-0.2, -0.15) is 0 Å². The molecule has 1 aliphatic rings. The Morgan fingerprint density at radius 3 is 2.53 bits per heavy atom. The molecule has 2 heteroatoms. The molecule has 1 aliphatic carbocycles. The van der Waals surface area contributed by atoms with Gasteiger partial charge in [0.05, 0.1) is 0 Å². The standard InChI is InChI=1S/C15H31NO/c1-4-14(10-11-17)16-15-7-5-6-13(8-9-15)12(2)3/h12-17H,4-11H2,1-3H3. The normalized spacial score (nSPS) is 28.1. The molecule has 1 fully saturated rings. The molecule has 3 atom stereocenters. The van der Waals surface area contributed by atoms with Gasteiger partial charge in [-0.1, -0.05) is 33.6 Å². The molecule has 3 unspecified atom stereocenters. The number of nitrogens with one attached hydrogen (secondary N) is 1. The first kappa shape index (κ1) is 15.0. The Bertz CT molecular complexity index is 193. The molecule has 2 nitrogen and oxygen atoms in total. The van der Waals surface area contributed by atoms with Gasteiger partial charge in [0.2, 0.25) is 0 Å². The zero-order valence-corrected chi connectivity index (χ0v) is 11.9. The van der Waals surface area contributed by atoms with Gasteiger partial charge in [0, 0.05) is 18.7 Å². The highest BCUT2D eigenvalue weighted by molar-refractivity contribution is 4.79. The summed E-state index contributed by atoms with van der Waals surface area (Å²) in [4.78, 5) is 0. The highest BCUT2D eigenvalue weighted by Crippen LogP contribution is 2.29. The quantitative estimate of drug-likeness (QED) is 0.699. The van der Waals surface area contributed by atoms with Gasteiger partial charge in [-0.3, -0.25) is 0 Å². The Morgan fingerprint density at radius 2 is 1.94 bits per heavy atom. The van der Waals surface area contributed by atoms with E-state index < -0.39 is 0 Å². The lowest BCUT2D eigenvalue weighted by Crippen LogP contribution is -2.38. The van der Waals surface area contributed by atoms with Crippen molar-refractivity contribution in [2.75, 3.05) is 6.61 Å². The van der Waals surface area contributed by atoms with Crippen LogP contribution in [-0.4, -0.2) is 23.8 Å². The van der Waals surface area contributed by atoms with Crippen molar-refractivity contribution in [3.05, 3.63) is 0 Å². The lowest BCUT2D eigenvalue weighted by atomic mass is 9.89. The molecule has 17 heavy (non-hydrogen) atoms. The Labute approximate surface area is 107 Å². The first-order valence-electron chi connectivity index (χ1n) is 7.54. The lowest BCUT2D eigenvalue weighted by Gasteiger charge is -2.24. The van der Waals surface area contributed by atoms with Crippen LogP contribution in [0.4, 0.5) is 0 Å². The van der Waals surface area contributed by atoms with Crippen molar-refractivity contribution in [2.24, 2.45) is 11.8 Å². The second kappa shape index (κ2) is 8.10. The first-order chi connectivity index (χ1) is 8.17. The molecule has 0 radical (unpaired) electrons. The lowest BCUT2D eigenvalue weighted by molar-refractivity contribution is 0.251. The summed E-state index contributed by atoms with van der Waals surface area (Å²) in [5, 5.41) is 12.8. The summed E-state index contributed by atoms with van der Waals surface area (Å²) in [6, 6.07) is 1.20. The van der Waals surface area contributed by atoms with Gasteiger partial charge in [-0.25, -0.2) is 0 Å². The minimum atomic E-state index is 0.312. The zero-order valence-electron chi connectivity index (χ0n) is 11.9. The Balaban J connectivity index is 2.35. The smallest absolute Gasteiger partial charge is 0.0445 e. The molecule has 0 saturated heterocycles. The van der Waals surface area contributed by atoms with E-state index in [0.29, 0.717) is 18.7 Å². The van der Waals surface area contributed by atoms with Crippen LogP contribution in [0.25, 0.3) is 0 Å². The van der Waals surface area contributed by atoms with Crippen molar-refractivity contribution in [1.29, 1.82) is 0 Å². The van der Waals surface area contributed by atoms with Crippen molar-refractivity contribution in [3.63, 3.8) is 0 Å². The van der Waals surface area contributed by atoms with Crippen LogP contribution >= 0.6 is 0 Å². The minimum Gasteiger partial charge on any atom is -0.396 e. The van der Waals surface area contributed by atoms with Gasteiger partial charge in [-0.05, 0) is 43.9 Å². The molecular formula is C15H31NO. The van der Waals surface area contributed by atoms with E-state index in [1.54, 1.807) is 0 Å². The van der Waals surface area contributed by atoms with Gasteiger partial charge in [0.15, 0.2) is 0 Å². The van der Waals surface area contributed by atoms with Crippen molar-refractivity contribution in [2.45, 2.75) is 77.8 Å². The molecule has 0 bridgehead atoms.